The Bertz CT molecular complexity index is 1420. The summed E-state index contributed by atoms with van der Waals surface area (Å²) >= 11 is 1.17. The molecule has 0 aliphatic carbocycles. The Morgan fingerprint density at radius 3 is 2.78 bits per heavy atom. The van der Waals surface area contributed by atoms with E-state index >= 15 is 0 Å². The number of nitrogens with one attached hydrogen (secondary N) is 1. The van der Waals surface area contributed by atoms with E-state index in [2.05, 4.69) is 38.2 Å². The summed E-state index contributed by atoms with van der Waals surface area (Å²) in [5.74, 6) is 0. The number of nitrogens with zero attached hydrogens (tertiary/aromatic N) is 4. The molecule has 0 saturated heterocycles. The van der Waals surface area contributed by atoms with Gasteiger partial charge in [-0.15, -0.1) is 11.3 Å². The number of alkyl halides is 3. The van der Waals surface area contributed by atoms with Gasteiger partial charge >= 0.3 is 6.18 Å². The van der Waals surface area contributed by atoms with Gasteiger partial charge in [0, 0.05) is 52.5 Å². The first-order valence-corrected chi connectivity index (χ1v) is 10.6. The highest BCUT2D eigenvalue weighted by molar-refractivity contribution is 7.10. The SMILES string of the molecule is Cn1ccc2cc(-c3cnc4c(-c5csc(C(O)NCC(F)(F)F)c5)cnn4c3)ccc21. The van der Waals surface area contributed by atoms with Crippen LogP contribution in [0, 0.1) is 0 Å². The maximum absolute atomic E-state index is 12.4. The monoisotopic (exact) mass is 457 g/mol. The van der Waals surface area contributed by atoms with E-state index in [0.29, 0.717) is 10.5 Å². The van der Waals surface area contributed by atoms with Crippen molar-refractivity contribution in [3.05, 3.63) is 65.4 Å². The van der Waals surface area contributed by atoms with Crippen molar-refractivity contribution in [2.75, 3.05) is 6.54 Å². The lowest BCUT2D eigenvalue weighted by Gasteiger charge is -2.12. The smallest absolute Gasteiger partial charge is 0.373 e. The molecule has 1 aromatic carbocycles. The van der Waals surface area contributed by atoms with Gasteiger partial charge in [0.2, 0.25) is 0 Å². The third kappa shape index (κ3) is 3.88. The minimum atomic E-state index is -4.39. The van der Waals surface area contributed by atoms with E-state index in [1.807, 2.05) is 25.5 Å². The summed E-state index contributed by atoms with van der Waals surface area (Å²) in [7, 11) is 2.00. The van der Waals surface area contributed by atoms with E-state index in [1.54, 1.807) is 28.4 Å². The normalized spacial score (nSPS) is 13.3. The van der Waals surface area contributed by atoms with Crippen LogP contribution in [0.2, 0.25) is 0 Å². The van der Waals surface area contributed by atoms with E-state index in [1.165, 1.54) is 11.3 Å². The number of fused-ring (bicyclic) bond motifs is 2. The van der Waals surface area contributed by atoms with Crippen LogP contribution in [0.4, 0.5) is 13.2 Å². The Morgan fingerprint density at radius 2 is 1.97 bits per heavy atom. The molecule has 0 bridgehead atoms. The summed E-state index contributed by atoms with van der Waals surface area (Å²) in [6, 6.07) is 9.91. The second-order valence-electron chi connectivity index (χ2n) is 7.51. The van der Waals surface area contributed by atoms with E-state index in [9.17, 15) is 18.3 Å². The van der Waals surface area contributed by atoms with Crippen molar-refractivity contribution in [3.8, 4) is 22.3 Å². The van der Waals surface area contributed by atoms with Crippen LogP contribution < -0.4 is 5.32 Å². The number of aromatic nitrogens is 4. The van der Waals surface area contributed by atoms with Crippen LogP contribution in [0.1, 0.15) is 11.1 Å². The Labute approximate surface area is 184 Å². The number of halogens is 3. The molecule has 0 aliphatic rings. The molecular formula is C22H18F3N5OS. The molecule has 1 atom stereocenters. The maximum atomic E-state index is 12.4. The Kier molecular flexibility index (Phi) is 5.00. The Morgan fingerprint density at radius 1 is 1.12 bits per heavy atom. The molecule has 5 rings (SSSR count). The quantitative estimate of drug-likeness (QED) is 0.374. The average molecular weight is 457 g/mol. The van der Waals surface area contributed by atoms with Crippen molar-refractivity contribution in [1.29, 1.82) is 0 Å². The predicted molar refractivity (Wildman–Crippen MR) is 117 cm³/mol. The van der Waals surface area contributed by atoms with Gasteiger partial charge in [-0.2, -0.15) is 18.3 Å². The summed E-state index contributed by atoms with van der Waals surface area (Å²) in [5.41, 5.74) is 5.17. The molecule has 0 saturated carbocycles. The molecular weight excluding hydrogens is 439 g/mol. The molecule has 2 N–H and O–H groups in total. The summed E-state index contributed by atoms with van der Waals surface area (Å²) < 4.78 is 40.9. The standard InChI is InChI=1S/C22H18F3N5OS/c1-29-5-4-14-6-13(2-3-18(14)29)16-8-26-20-17(9-28-30(20)10-16)15-7-19(32-11-15)21(31)27-12-22(23,24)25/h2-11,21,27,31H,12H2,1H3. The molecule has 164 valence electrons. The summed E-state index contributed by atoms with van der Waals surface area (Å²) in [6.07, 6.45) is 1.55. The molecule has 4 heterocycles. The van der Waals surface area contributed by atoms with Gasteiger partial charge in [0.25, 0.3) is 0 Å². The lowest BCUT2D eigenvalue weighted by Crippen LogP contribution is -2.31. The zero-order valence-electron chi connectivity index (χ0n) is 16.8. The van der Waals surface area contributed by atoms with Crippen molar-refractivity contribution >= 4 is 27.9 Å². The Balaban J connectivity index is 1.42. The second kappa shape index (κ2) is 7.73. The number of aliphatic hydroxyl groups is 1. The van der Waals surface area contributed by atoms with Crippen molar-refractivity contribution in [3.63, 3.8) is 0 Å². The van der Waals surface area contributed by atoms with Crippen LogP contribution in [0.5, 0.6) is 0 Å². The number of benzene rings is 1. The van der Waals surface area contributed by atoms with Gasteiger partial charge in [0.05, 0.1) is 12.7 Å². The van der Waals surface area contributed by atoms with Crippen molar-refractivity contribution in [2.45, 2.75) is 12.4 Å². The molecule has 5 aromatic rings. The van der Waals surface area contributed by atoms with Crippen molar-refractivity contribution < 1.29 is 18.3 Å². The van der Waals surface area contributed by atoms with Gasteiger partial charge < -0.3 is 9.67 Å². The van der Waals surface area contributed by atoms with Crippen LogP contribution in [-0.2, 0) is 7.05 Å². The van der Waals surface area contributed by atoms with Gasteiger partial charge in [-0.25, -0.2) is 9.50 Å². The highest BCUT2D eigenvalue weighted by atomic mass is 32.1. The fourth-order valence-corrected chi connectivity index (χ4v) is 4.50. The van der Waals surface area contributed by atoms with Crippen LogP contribution in [0.15, 0.2) is 60.5 Å². The van der Waals surface area contributed by atoms with E-state index < -0.39 is 18.9 Å². The molecule has 6 nitrogen and oxygen atoms in total. The number of thiophene rings is 1. The fraction of sp³-hybridized carbons (Fsp3) is 0.182. The van der Waals surface area contributed by atoms with Gasteiger partial charge in [-0.1, -0.05) is 6.07 Å². The average Bonchev–Trinajstić information content (AvgIpc) is 3.49. The number of hydrogen-bond acceptors (Lipinski definition) is 5. The minimum absolute atomic E-state index is 0.386. The zero-order valence-corrected chi connectivity index (χ0v) is 17.7. The fourth-order valence-electron chi connectivity index (χ4n) is 3.64. The van der Waals surface area contributed by atoms with E-state index in [0.717, 1.165) is 33.2 Å². The first-order chi connectivity index (χ1) is 15.3. The number of aliphatic hydroxyl groups excluding tert-OH is 1. The highest BCUT2D eigenvalue weighted by Gasteiger charge is 2.28. The minimum Gasteiger partial charge on any atom is -0.373 e. The molecule has 0 aliphatic heterocycles. The topological polar surface area (TPSA) is 67.4 Å². The molecule has 0 radical (unpaired) electrons. The molecule has 32 heavy (non-hydrogen) atoms. The van der Waals surface area contributed by atoms with Crippen LogP contribution in [0.25, 0.3) is 38.8 Å². The van der Waals surface area contributed by atoms with Gasteiger partial charge in [-0.3, -0.25) is 5.32 Å². The molecule has 0 spiro atoms. The maximum Gasteiger partial charge on any atom is 0.401 e. The van der Waals surface area contributed by atoms with Crippen LogP contribution in [0.3, 0.4) is 0 Å². The largest absolute Gasteiger partial charge is 0.401 e. The van der Waals surface area contributed by atoms with Crippen molar-refractivity contribution in [2.24, 2.45) is 7.05 Å². The van der Waals surface area contributed by atoms with E-state index in [-0.39, 0.29) is 0 Å². The summed E-state index contributed by atoms with van der Waals surface area (Å²) in [5, 5.41) is 19.4. The van der Waals surface area contributed by atoms with Crippen LogP contribution >= 0.6 is 11.3 Å². The van der Waals surface area contributed by atoms with Gasteiger partial charge in [-0.05, 0) is 40.8 Å². The highest BCUT2D eigenvalue weighted by Crippen LogP contribution is 2.32. The lowest BCUT2D eigenvalue weighted by atomic mass is 10.1. The number of rotatable bonds is 5. The first-order valence-electron chi connectivity index (χ1n) is 9.74. The number of hydrogen-bond donors (Lipinski definition) is 2. The summed E-state index contributed by atoms with van der Waals surface area (Å²) in [6.45, 7) is -1.27. The van der Waals surface area contributed by atoms with Gasteiger partial charge in [0.1, 0.15) is 6.23 Å². The molecule has 4 aromatic heterocycles. The van der Waals surface area contributed by atoms with Gasteiger partial charge in [0.15, 0.2) is 5.65 Å². The second-order valence-corrected chi connectivity index (χ2v) is 8.45. The molecule has 0 amide bonds. The number of aryl methyl sites for hydroxylation is 1. The third-order valence-corrected chi connectivity index (χ3v) is 6.26. The van der Waals surface area contributed by atoms with Crippen molar-refractivity contribution in [1.82, 2.24) is 24.5 Å². The van der Waals surface area contributed by atoms with Crippen LogP contribution in [-0.4, -0.2) is 37.0 Å². The summed E-state index contributed by atoms with van der Waals surface area (Å²) in [4.78, 5) is 4.96. The predicted octanol–water partition coefficient (Wildman–Crippen LogP) is 4.76. The Hall–Kier alpha value is -3.21. The first kappa shape index (κ1) is 20.7. The zero-order chi connectivity index (χ0) is 22.5. The molecule has 0 fully saturated rings. The lowest BCUT2D eigenvalue weighted by molar-refractivity contribution is -0.131. The molecule has 1 unspecified atom stereocenters. The third-order valence-electron chi connectivity index (χ3n) is 5.27. The molecule has 10 heteroatoms. The van der Waals surface area contributed by atoms with E-state index in [4.69, 9.17) is 0 Å².